The van der Waals surface area contributed by atoms with Gasteiger partial charge in [-0.05, 0) is 44.0 Å². The third-order valence-electron chi connectivity index (χ3n) is 3.27. The standard InChI is InChI=1S/C15H18N2O2/c1-9-10(2)15(19-5)12(8-14(9)18-4)13-6-7-16-11(3)17-13/h6-8H,1-5H3. The van der Waals surface area contributed by atoms with Crippen molar-refractivity contribution in [2.75, 3.05) is 14.2 Å². The number of aromatic nitrogens is 2. The second-order valence-corrected chi connectivity index (χ2v) is 4.40. The molecule has 4 heteroatoms. The maximum Gasteiger partial charge on any atom is 0.131 e. The number of hydrogen-bond donors (Lipinski definition) is 0. The maximum atomic E-state index is 5.53. The summed E-state index contributed by atoms with van der Waals surface area (Å²) in [5.41, 5.74) is 3.90. The van der Waals surface area contributed by atoms with E-state index in [2.05, 4.69) is 9.97 Å². The van der Waals surface area contributed by atoms with Crippen molar-refractivity contribution in [2.24, 2.45) is 0 Å². The number of hydrogen-bond acceptors (Lipinski definition) is 4. The lowest BCUT2D eigenvalue weighted by Crippen LogP contribution is -1.99. The second kappa shape index (κ2) is 5.26. The summed E-state index contributed by atoms with van der Waals surface area (Å²) in [6, 6.07) is 3.84. The summed E-state index contributed by atoms with van der Waals surface area (Å²) in [5.74, 6) is 2.40. The molecule has 1 heterocycles. The highest BCUT2D eigenvalue weighted by atomic mass is 16.5. The van der Waals surface area contributed by atoms with Crippen LogP contribution < -0.4 is 9.47 Å². The number of benzene rings is 1. The van der Waals surface area contributed by atoms with Crippen LogP contribution in [0.5, 0.6) is 11.5 Å². The van der Waals surface area contributed by atoms with Crippen molar-refractivity contribution in [3.63, 3.8) is 0 Å². The first kappa shape index (κ1) is 13.3. The highest BCUT2D eigenvalue weighted by Gasteiger charge is 2.16. The van der Waals surface area contributed by atoms with Crippen LogP contribution in [0.1, 0.15) is 17.0 Å². The molecule has 2 aromatic rings. The zero-order valence-corrected chi connectivity index (χ0v) is 11.9. The predicted molar refractivity (Wildman–Crippen MR) is 74.8 cm³/mol. The molecule has 4 nitrogen and oxygen atoms in total. The van der Waals surface area contributed by atoms with Gasteiger partial charge < -0.3 is 9.47 Å². The molecule has 0 bridgehead atoms. The Balaban J connectivity index is 2.71. The van der Waals surface area contributed by atoms with Gasteiger partial charge in [0.2, 0.25) is 0 Å². The van der Waals surface area contributed by atoms with Crippen LogP contribution >= 0.6 is 0 Å². The molecule has 0 fully saturated rings. The number of ether oxygens (including phenoxy) is 2. The summed E-state index contributed by atoms with van der Waals surface area (Å²) in [4.78, 5) is 8.57. The molecule has 100 valence electrons. The Morgan fingerprint density at radius 2 is 1.74 bits per heavy atom. The van der Waals surface area contributed by atoms with Crippen LogP contribution in [0.25, 0.3) is 11.3 Å². The normalized spacial score (nSPS) is 10.4. The second-order valence-electron chi connectivity index (χ2n) is 4.40. The van der Waals surface area contributed by atoms with Gasteiger partial charge in [0.15, 0.2) is 0 Å². The fraction of sp³-hybridized carbons (Fsp3) is 0.333. The third kappa shape index (κ3) is 2.38. The summed E-state index contributed by atoms with van der Waals surface area (Å²) in [6.07, 6.45) is 1.75. The van der Waals surface area contributed by atoms with Gasteiger partial charge in [0.05, 0.1) is 19.9 Å². The molecule has 2 rings (SSSR count). The van der Waals surface area contributed by atoms with Gasteiger partial charge >= 0.3 is 0 Å². The smallest absolute Gasteiger partial charge is 0.131 e. The first-order valence-corrected chi connectivity index (χ1v) is 6.10. The molecule has 0 amide bonds. The van der Waals surface area contributed by atoms with Gasteiger partial charge in [-0.1, -0.05) is 0 Å². The van der Waals surface area contributed by atoms with Gasteiger partial charge in [-0.15, -0.1) is 0 Å². The minimum atomic E-state index is 0.733. The molecule has 0 radical (unpaired) electrons. The Kier molecular flexibility index (Phi) is 3.69. The van der Waals surface area contributed by atoms with Crippen LogP contribution in [0.15, 0.2) is 18.3 Å². The average Bonchev–Trinajstić information content (AvgIpc) is 2.41. The van der Waals surface area contributed by atoms with E-state index in [9.17, 15) is 0 Å². The van der Waals surface area contributed by atoms with E-state index in [1.165, 1.54) is 0 Å². The summed E-state index contributed by atoms with van der Waals surface area (Å²) in [6.45, 7) is 5.91. The molecule has 0 N–H and O–H groups in total. The molecule has 0 atom stereocenters. The van der Waals surface area contributed by atoms with Crippen molar-refractivity contribution in [2.45, 2.75) is 20.8 Å². The van der Waals surface area contributed by atoms with E-state index in [0.717, 1.165) is 39.7 Å². The molecule has 1 aromatic heterocycles. The van der Waals surface area contributed by atoms with Gasteiger partial charge in [0.1, 0.15) is 17.3 Å². The molecule has 0 saturated carbocycles. The van der Waals surface area contributed by atoms with Gasteiger partial charge in [0, 0.05) is 11.8 Å². The number of rotatable bonds is 3. The maximum absolute atomic E-state index is 5.53. The minimum Gasteiger partial charge on any atom is -0.496 e. The van der Waals surface area contributed by atoms with Gasteiger partial charge in [0.25, 0.3) is 0 Å². The highest BCUT2D eigenvalue weighted by molar-refractivity contribution is 5.73. The van der Waals surface area contributed by atoms with Crippen LogP contribution in [0.4, 0.5) is 0 Å². The van der Waals surface area contributed by atoms with E-state index in [4.69, 9.17) is 9.47 Å². The molecule has 0 aliphatic heterocycles. The van der Waals surface area contributed by atoms with Crippen molar-refractivity contribution in [1.82, 2.24) is 9.97 Å². The Morgan fingerprint density at radius 3 is 2.32 bits per heavy atom. The lowest BCUT2D eigenvalue weighted by molar-refractivity contribution is 0.399. The predicted octanol–water partition coefficient (Wildman–Crippen LogP) is 3.09. The van der Waals surface area contributed by atoms with Crippen molar-refractivity contribution in [3.8, 4) is 22.8 Å². The van der Waals surface area contributed by atoms with Crippen LogP contribution in [-0.4, -0.2) is 24.2 Å². The van der Waals surface area contributed by atoms with Crippen LogP contribution in [-0.2, 0) is 0 Å². The highest BCUT2D eigenvalue weighted by Crippen LogP contribution is 2.38. The fourth-order valence-electron chi connectivity index (χ4n) is 2.13. The van der Waals surface area contributed by atoms with Crippen molar-refractivity contribution in [1.29, 1.82) is 0 Å². The van der Waals surface area contributed by atoms with Crippen LogP contribution in [0.3, 0.4) is 0 Å². The summed E-state index contributed by atoms with van der Waals surface area (Å²) in [5, 5.41) is 0. The third-order valence-corrected chi connectivity index (χ3v) is 3.27. The molecular weight excluding hydrogens is 240 g/mol. The molecule has 0 aliphatic carbocycles. The van der Waals surface area contributed by atoms with E-state index >= 15 is 0 Å². The van der Waals surface area contributed by atoms with Gasteiger partial charge in [-0.25, -0.2) is 9.97 Å². The Hall–Kier alpha value is -2.10. The number of aryl methyl sites for hydroxylation is 1. The zero-order valence-electron chi connectivity index (χ0n) is 11.9. The van der Waals surface area contributed by atoms with E-state index in [1.54, 1.807) is 20.4 Å². The van der Waals surface area contributed by atoms with Crippen molar-refractivity contribution in [3.05, 3.63) is 35.3 Å². The summed E-state index contributed by atoms with van der Waals surface area (Å²) >= 11 is 0. The van der Waals surface area contributed by atoms with E-state index in [1.807, 2.05) is 32.9 Å². The quantitative estimate of drug-likeness (QED) is 0.848. The van der Waals surface area contributed by atoms with Crippen molar-refractivity contribution >= 4 is 0 Å². The van der Waals surface area contributed by atoms with E-state index in [-0.39, 0.29) is 0 Å². The average molecular weight is 258 g/mol. The molecule has 0 saturated heterocycles. The lowest BCUT2D eigenvalue weighted by atomic mass is 10.0. The Morgan fingerprint density at radius 1 is 1.00 bits per heavy atom. The minimum absolute atomic E-state index is 0.733. The van der Waals surface area contributed by atoms with Gasteiger partial charge in [-0.3, -0.25) is 0 Å². The number of nitrogens with zero attached hydrogens (tertiary/aromatic N) is 2. The number of methoxy groups -OCH3 is 2. The van der Waals surface area contributed by atoms with E-state index < -0.39 is 0 Å². The summed E-state index contributed by atoms with van der Waals surface area (Å²) in [7, 11) is 3.34. The first-order valence-electron chi connectivity index (χ1n) is 6.10. The fourth-order valence-corrected chi connectivity index (χ4v) is 2.13. The molecule has 0 spiro atoms. The molecule has 1 aromatic carbocycles. The molecular formula is C15H18N2O2. The first-order chi connectivity index (χ1) is 9.08. The van der Waals surface area contributed by atoms with E-state index in [0.29, 0.717) is 0 Å². The SMILES string of the molecule is COc1cc(-c2ccnc(C)n2)c(OC)c(C)c1C. The monoisotopic (exact) mass is 258 g/mol. The van der Waals surface area contributed by atoms with Crippen LogP contribution in [0.2, 0.25) is 0 Å². The van der Waals surface area contributed by atoms with Gasteiger partial charge in [-0.2, -0.15) is 0 Å². The Labute approximate surface area is 113 Å². The Bertz CT molecular complexity index is 609. The topological polar surface area (TPSA) is 44.2 Å². The molecule has 0 unspecified atom stereocenters. The van der Waals surface area contributed by atoms with Crippen molar-refractivity contribution < 1.29 is 9.47 Å². The largest absolute Gasteiger partial charge is 0.496 e. The van der Waals surface area contributed by atoms with Crippen LogP contribution in [0, 0.1) is 20.8 Å². The molecule has 19 heavy (non-hydrogen) atoms. The summed E-state index contributed by atoms with van der Waals surface area (Å²) < 4.78 is 11.0. The zero-order chi connectivity index (χ0) is 14.0. The molecule has 0 aliphatic rings. The lowest BCUT2D eigenvalue weighted by Gasteiger charge is -2.16.